The summed E-state index contributed by atoms with van der Waals surface area (Å²) in [6.45, 7) is 3.10. The molecule has 0 unspecified atom stereocenters. The molecule has 0 bridgehead atoms. The van der Waals surface area contributed by atoms with Crippen molar-refractivity contribution in [2.24, 2.45) is 5.92 Å². The van der Waals surface area contributed by atoms with E-state index in [2.05, 4.69) is 10.6 Å². The normalized spacial score (nSPS) is 15.5. The zero-order valence-electron chi connectivity index (χ0n) is 12.4. The van der Waals surface area contributed by atoms with E-state index < -0.39 is 0 Å². The summed E-state index contributed by atoms with van der Waals surface area (Å²) < 4.78 is 5.31. The SMILES string of the molecule is CC(=O)Nc1ccc(NC(=O)CCC2CCOCC2)cc1. The van der Waals surface area contributed by atoms with Gasteiger partial charge in [0.2, 0.25) is 11.8 Å². The molecule has 2 amide bonds. The molecule has 1 aliphatic heterocycles. The number of rotatable bonds is 5. The Kier molecular flexibility index (Phi) is 5.75. The summed E-state index contributed by atoms with van der Waals surface area (Å²) in [6, 6.07) is 7.13. The largest absolute Gasteiger partial charge is 0.381 e. The van der Waals surface area contributed by atoms with Crippen LogP contribution in [-0.2, 0) is 14.3 Å². The molecular formula is C16H22N2O3. The van der Waals surface area contributed by atoms with Crippen molar-refractivity contribution < 1.29 is 14.3 Å². The molecule has 1 heterocycles. The van der Waals surface area contributed by atoms with Gasteiger partial charge in [-0.15, -0.1) is 0 Å². The van der Waals surface area contributed by atoms with Gasteiger partial charge in [-0.1, -0.05) is 0 Å². The van der Waals surface area contributed by atoms with Crippen LogP contribution in [0.2, 0.25) is 0 Å². The minimum absolute atomic E-state index is 0.0359. The summed E-state index contributed by atoms with van der Waals surface area (Å²) in [5, 5.41) is 5.57. The van der Waals surface area contributed by atoms with Crippen molar-refractivity contribution in [2.45, 2.75) is 32.6 Å². The van der Waals surface area contributed by atoms with Gasteiger partial charge in [0.1, 0.15) is 0 Å². The fourth-order valence-electron chi connectivity index (χ4n) is 2.43. The van der Waals surface area contributed by atoms with Gasteiger partial charge in [-0.3, -0.25) is 9.59 Å². The molecule has 0 atom stereocenters. The maximum atomic E-state index is 11.9. The average Bonchev–Trinajstić information content (AvgIpc) is 2.48. The summed E-state index contributed by atoms with van der Waals surface area (Å²) in [7, 11) is 0. The van der Waals surface area contributed by atoms with Crippen molar-refractivity contribution in [3.8, 4) is 0 Å². The molecule has 114 valence electrons. The van der Waals surface area contributed by atoms with Gasteiger partial charge < -0.3 is 15.4 Å². The van der Waals surface area contributed by atoms with E-state index in [1.165, 1.54) is 6.92 Å². The maximum absolute atomic E-state index is 11.9. The van der Waals surface area contributed by atoms with E-state index in [1.807, 2.05) is 0 Å². The van der Waals surface area contributed by atoms with Crippen molar-refractivity contribution in [2.75, 3.05) is 23.8 Å². The molecule has 0 saturated carbocycles. The summed E-state index contributed by atoms with van der Waals surface area (Å²) in [5.41, 5.74) is 1.48. The molecule has 1 aliphatic rings. The first kappa shape index (κ1) is 15.5. The standard InChI is InChI=1S/C16H22N2O3/c1-12(19)17-14-3-5-15(6-4-14)18-16(20)7-2-13-8-10-21-11-9-13/h3-6,13H,2,7-11H2,1H3,(H,17,19)(H,18,20). The number of benzene rings is 1. The van der Waals surface area contributed by atoms with Gasteiger partial charge in [-0.05, 0) is 49.4 Å². The third-order valence-corrected chi connectivity index (χ3v) is 3.61. The summed E-state index contributed by atoms with van der Waals surface area (Å²) in [4.78, 5) is 22.8. The third-order valence-electron chi connectivity index (χ3n) is 3.61. The molecule has 21 heavy (non-hydrogen) atoms. The second kappa shape index (κ2) is 7.78. The number of hydrogen-bond donors (Lipinski definition) is 2. The second-order valence-electron chi connectivity index (χ2n) is 5.40. The van der Waals surface area contributed by atoms with Gasteiger partial charge in [0, 0.05) is 37.9 Å². The smallest absolute Gasteiger partial charge is 0.224 e. The summed E-state index contributed by atoms with van der Waals surface area (Å²) >= 11 is 0. The van der Waals surface area contributed by atoms with E-state index in [0.29, 0.717) is 12.3 Å². The first-order valence-corrected chi connectivity index (χ1v) is 7.39. The quantitative estimate of drug-likeness (QED) is 0.876. The summed E-state index contributed by atoms with van der Waals surface area (Å²) in [6.07, 6.45) is 3.56. The fourth-order valence-corrected chi connectivity index (χ4v) is 2.43. The van der Waals surface area contributed by atoms with Gasteiger partial charge in [0.15, 0.2) is 0 Å². The molecule has 0 aromatic heterocycles. The van der Waals surface area contributed by atoms with E-state index >= 15 is 0 Å². The van der Waals surface area contributed by atoms with Crippen LogP contribution in [0.25, 0.3) is 0 Å². The number of ether oxygens (including phenoxy) is 1. The third kappa shape index (κ3) is 5.55. The van der Waals surface area contributed by atoms with Crippen LogP contribution in [0.15, 0.2) is 24.3 Å². The first-order chi connectivity index (χ1) is 10.1. The molecule has 1 aromatic rings. The minimum atomic E-state index is -0.108. The summed E-state index contributed by atoms with van der Waals surface area (Å²) in [5.74, 6) is 0.531. The molecule has 0 spiro atoms. The highest BCUT2D eigenvalue weighted by Crippen LogP contribution is 2.20. The Hall–Kier alpha value is -1.88. The predicted octanol–water partition coefficient (Wildman–Crippen LogP) is 2.79. The van der Waals surface area contributed by atoms with Gasteiger partial charge in [0.05, 0.1) is 0 Å². The van der Waals surface area contributed by atoms with E-state index in [1.54, 1.807) is 24.3 Å². The highest BCUT2D eigenvalue weighted by atomic mass is 16.5. The molecule has 2 N–H and O–H groups in total. The molecule has 0 aliphatic carbocycles. The highest BCUT2D eigenvalue weighted by Gasteiger charge is 2.15. The molecule has 5 heteroatoms. The zero-order chi connectivity index (χ0) is 15.1. The Labute approximate surface area is 125 Å². The van der Waals surface area contributed by atoms with E-state index in [0.717, 1.165) is 43.9 Å². The lowest BCUT2D eigenvalue weighted by Crippen LogP contribution is -2.18. The van der Waals surface area contributed by atoms with Crippen LogP contribution in [0.3, 0.4) is 0 Å². The fraction of sp³-hybridized carbons (Fsp3) is 0.500. The van der Waals surface area contributed by atoms with Gasteiger partial charge in [-0.25, -0.2) is 0 Å². The van der Waals surface area contributed by atoms with Crippen molar-refractivity contribution in [3.05, 3.63) is 24.3 Å². The number of carbonyl (C=O) groups excluding carboxylic acids is 2. The van der Waals surface area contributed by atoms with Crippen molar-refractivity contribution in [1.29, 1.82) is 0 Å². The van der Waals surface area contributed by atoms with Gasteiger partial charge in [0.25, 0.3) is 0 Å². The van der Waals surface area contributed by atoms with Crippen LogP contribution in [0.4, 0.5) is 11.4 Å². The van der Waals surface area contributed by atoms with Crippen LogP contribution in [0, 0.1) is 5.92 Å². The number of hydrogen-bond acceptors (Lipinski definition) is 3. The molecule has 1 fully saturated rings. The lowest BCUT2D eigenvalue weighted by molar-refractivity contribution is -0.116. The number of nitrogens with one attached hydrogen (secondary N) is 2. The van der Waals surface area contributed by atoms with Gasteiger partial charge >= 0.3 is 0 Å². The Morgan fingerprint density at radius 1 is 1.10 bits per heavy atom. The molecule has 5 nitrogen and oxygen atoms in total. The Morgan fingerprint density at radius 2 is 1.67 bits per heavy atom. The Morgan fingerprint density at radius 3 is 2.24 bits per heavy atom. The predicted molar refractivity (Wildman–Crippen MR) is 82.2 cm³/mol. The number of anilines is 2. The van der Waals surface area contributed by atoms with E-state index in [9.17, 15) is 9.59 Å². The van der Waals surface area contributed by atoms with Crippen LogP contribution in [0.1, 0.15) is 32.6 Å². The Bertz CT molecular complexity index is 479. The van der Waals surface area contributed by atoms with Crippen LogP contribution < -0.4 is 10.6 Å². The lowest BCUT2D eigenvalue weighted by Gasteiger charge is -2.21. The lowest BCUT2D eigenvalue weighted by atomic mass is 9.95. The van der Waals surface area contributed by atoms with Gasteiger partial charge in [-0.2, -0.15) is 0 Å². The molecule has 1 saturated heterocycles. The second-order valence-corrected chi connectivity index (χ2v) is 5.40. The highest BCUT2D eigenvalue weighted by molar-refractivity contribution is 5.92. The molecule has 2 rings (SSSR count). The zero-order valence-corrected chi connectivity index (χ0v) is 12.4. The topological polar surface area (TPSA) is 67.4 Å². The van der Waals surface area contributed by atoms with Crippen molar-refractivity contribution in [1.82, 2.24) is 0 Å². The van der Waals surface area contributed by atoms with Crippen molar-refractivity contribution in [3.63, 3.8) is 0 Å². The molecule has 0 radical (unpaired) electrons. The first-order valence-electron chi connectivity index (χ1n) is 7.39. The van der Waals surface area contributed by atoms with Crippen LogP contribution >= 0.6 is 0 Å². The number of carbonyl (C=O) groups is 2. The minimum Gasteiger partial charge on any atom is -0.381 e. The van der Waals surface area contributed by atoms with E-state index in [4.69, 9.17) is 4.74 Å². The van der Waals surface area contributed by atoms with Crippen LogP contribution in [-0.4, -0.2) is 25.0 Å². The number of amides is 2. The molecule has 1 aromatic carbocycles. The average molecular weight is 290 g/mol. The Balaban J connectivity index is 1.75. The molecular weight excluding hydrogens is 268 g/mol. The van der Waals surface area contributed by atoms with E-state index in [-0.39, 0.29) is 11.8 Å². The van der Waals surface area contributed by atoms with Crippen molar-refractivity contribution >= 4 is 23.2 Å². The maximum Gasteiger partial charge on any atom is 0.224 e. The van der Waals surface area contributed by atoms with Crippen LogP contribution in [0.5, 0.6) is 0 Å². The monoisotopic (exact) mass is 290 g/mol.